The van der Waals surface area contributed by atoms with Crippen LogP contribution >= 0.6 is 8.35 Å². The largest absolute Gasteiger partial charge is 0.349 e. The van der Waals surface area contributed by atoms with Crippen molar-refractivity contribution >= 4 is 19.5 Å². The van der Waals surface area contributed by atoms with Gasteiger partial charge >= 0.3 is 0 Å². The number of para-hydroxylation sites is 1. The van der Waals surface area contributed by atoms with E-state index in [1.165, 1.54) is 0 Å². The number of nitrogens with one attached hydrogen (secondary N) is 1. The molecule has 4 heteroatoms. The van der Waals surface area contributed by atoms with E-state index in [4.69, 9.17) is 0 Å². The van der Waals surface area contributed by atoms with Crippen molar-refractivity contribution in [2.24, 2.45) is 7.05 Å². The molecule has 0 aliphatic carbocycles. The van der Waals surface area contributed by atoms with E-state index < -0.39 is 0 Å². The Kier molecular flexibility index (Phi) is 2.51. The SMILES string of the molecule is Cc1nn(C)pc1Nc1ccccc1. The van der Waals surface area contributed by atoms with Gasteiger partial charge in [-0.3, -0.25) is 0 Å². The first-order valence-electron chi connectivity index (χ1n) is 4.46. The van der Waals surface area contributed by atoms with Gasteiger partial charge < -0.3 is 5.32 Å². The van der Waals surface area contributed by atoms with Crippen LogP contribution in [-0.4, -0.2) is 9.54 Å². The van der Waals surface area contributed by atoms with Gasteiger partial charge in [-0.2, -0.15) is 5.10 Å². The fourth-order valence-electron chi connectivity index (χ4n) is 1.28. The van der Waals surface area contributed by atoms with Crippen molar-refractivity contribution < 1.29 is 0 Å². The van der Waals surface area contributed by atoms with Crippen molar-refractivity contribution in [1.29, 1.82) is 0 Å². The second kappa shape index (κ2) is 3.81. The molecule has 0 atom stereocenters. The number of aryl methyl sites for hydroxylation is 2. The first-order valence-corrected chi connectivity index (χ1v) is 5.30. The van der Waals surface area contributed by atoms with E-state index in [1.807, 2.05) is 48.7 Å². The number of anilines is 2. The smallest absolute Gasteiger partial charge is 0.108 e. The molecule has 0 aliphatic heterocycles. The Bertz CT molecular complexity index is 422. The fraction of sp³-hybridized carbons (Fsp3) is 0.200. The van der Waals surface area contributed by atoms with Crippen LogP contribution in [0.5, 0.6) is 0 Å². The minimum Gasteiger partial charge on any atom is -0.349 e. The molecule has 0 spiro atoms. The van der Waals surface area contributed by atoms with Crippen molar-refractivity contribution in [3.05, 3.63) is 36.0 Å². The van der Waals surface area contributed by atoms with Crippen LogP contribution in [0.15, 0.2) is 30.3 Å². The monoisotopic (exact) mass is 205 g/mol. The van der Waals surface area contributed by atoms with Crippen LogP contribution in [0.2, 0.25) is 0 Å². The fourth-order valence-corrected chi connectivity index (χ4v) is 2.11. The van der Waals surface area contributed by atoms with Gasteiger partial charge in [-0.25, -0.2) is 4.44 Å². The maximum Gasteiger partial charge on any atom is 0.108 e. The molecule has 0 bridgehead atoms. The standard InChI is InChI=1S/C10H12N3P/c1-8-10(14-13(2)12-8)11-9-6-4-3-5-7-9/h3-7,11H,1-2H3. The Labute approximate surface area is 84.9 Å². The molecule has 1 heterocycles. The minimum atomic E-state index is 1.05. The summed E-state index contributed by atoms with van der Waals surface area (Å²) in [4.78, 5) is 0. The summed E-state index contributed by atoms with van der Waals surface area (Å²) < 4.78 is 1.90. The molecule has 1 N–H and O–H groups in total. The average molecular weight is 205 g/mol. The highest BCUT2D eigenvalue weighted by Crippen LogP contribution is 2.27. The summed E-state index contributed by atoms with van der Waals surface area (Å²) in [5.41, 5.74) is 3.32. The normalized spacial score (nSPS) is 10.7. The summed E-state index contributed by atoms with van der Waals surface area (Å²) in [5.74, 6) is 0. The van der Waals surface area contributed by atoms with Crippen molar-refractivity contribution in [3.63, 3.8) is 0 Å². The van der Waals surface area contributed by atoms with Crippen LogP contribution in [0.3, 0.4) is 0 Å². The zero-order valence-electron chi connectivity index (χ0n) is 8.23. The highest BCUT2D eigenvalue weighted by atomic mass is 31.0. The predicted octanol–water partition coefficient (Wildman–Crippen LogP) is 3.05. The number of aromatic nitrogens is 2. The minimum absolute atomic E-state index is 1.05. The van der Waals surface area contributed by atoms with E-state index >= 15 is 0 Å². The van der Waals surface area contributed by atoms with Gasteiger partial charge in [-0.1, -0.05) is 18.2 Å². The third kappa shape index (κ3) is 1.94. The predicted molar refractivity (Wildman–Crippen MR) is 60.2 cm³/mol. The topological polar surface area (TPSA) is 29.9 Å². The third-order valence-corrected chi connectivity index (χ3v) is 2.93. The lowest BCUT2D eigenvalue weighted by Gasteiger charge is -2.02. The van der Waals surface area contributed by atoms with Gasteiger partial charge in [-0.15, -0.1) is 0 Å². The lowest BCUT2D eigenvalue weighted by Crippen LogP contribution is -1.88. The summed E-state index contributed by atoms with van der Waals surface area (Å²) in [6, 6.07) is 10.1. The molecule has 1 aromatic carbocycles. The number of rotatable bonds is 2. The van der Waals surface area contributed by atoms with Crippen LogP contribution in [0, 0.1) is 6.92 Å². The molecular formula is C10H12N3P. The van der Waals surface area contributed by atoms with Crippen molar-refractivity contribution in [2.75, 3.05) is 5.32 Å². The van der Waals surface area contributed by atoms with Crippen molar-refractivity contribution in [1.82, 2.24) is 9.54 Å². The molecule has 2 rings (SSSR count). The van der Waals surface area contributed by atoms with E-state index in [9.17, 15) is 0 Å². The zero-order valence-corrected chi connectivity index (χ0v) is 9.12. The van der Waals surface area contributed by atoms with E-state index in [0.717, 1.165) is 25.2 Å². The van der Waals surface area contributed by atoms with Gasteiger partial charge in [0.25, 0.3) is 0 Å². The highest BCUT2D eigenvalue weighted by Gasteiger charge is 2.02. The van der Waals surface area contributed by atoms with Crippen LogP contribution < -0.4 is 5.32 Å². The molecule has 3 nitrogen and oxygen atoms in total. The molecule has 72 valence electrons. The van der Waals surface area contributed by atoms with Crippen LogP contribution in [0.1, 0.15) is 5.69 Å². The number of nitrogens with zero attached hydrogens (tertiary/aromatic N) is 2. The van der Waals surface area contributed by atoms with Gasteiger partial charge in [0.2, 0.25) is 0 Å². The van der Waals surface area contributed by atoms with Crippen molar-refractivity contribution in [3.8, 4) is 0 Å². The quantitative estimate of drug-likeness (QED) is 0.816. The van der Waals surface area contributed by atoms with E-state index in [0.29, 0.717) is 0 Å². The van der Waals surface area contributed by atoms with Gasteiger partial charge in [0.15, 0.2) is 0 Å². The summed E-state index contributed by atoms with van der Waals surface area (Å²) in [7, 11) is 3.07. The summed E-state index contributed by atoms with van der Waals surface area (Å²) in [5, 5.41) is 7.66. The number of hydrogen-bond acceptors (Lipinski definition) is 2. The van der Waals surface area contributed by atoms with Gasteiger partial charge in [0.05, 0.1) is 14.0 Å². The molecule has 0 saturated carbocycles. The van der Waals surface area contributed by atoms with Gasteiger partial charge in [0, 0.05) is 12.7 Å². The van der Waals surface area contributed by atoms with E-state index in [2.05, 4.69) is 10.4 Å². The van der Waals surface area contributed by atoms with E-state index in [-0.39, 0.29) is 0 Å². The molecule has 0 amide bonds. The first-order chi connectivity index (χ1) is 6.75. The van der Waals surface area contributed by atoms with Crippen molar-refractivity contribution in [2.45, 2.75) is 6.92 Å². The second-order valence-electron chi connectivity index (χ2n) is 3.11. The Hall–Kier alpha value is -1.34. The summed E-state index contributed by atoms with van der Waals surface area (Å²) in [6.45, 7) is 2.02. The van der Waals surface area contributed by atoms with Gasteiger partial charge in [0.1, 0.15) is 5.42 Å². The summed E-state index contributed by atoms with van der Waals surface area (Å²) in [6.07, 6.45) is 0. The van der Waals surface area contributed by atoms with Crippen LogP contribution in [0.25, 0.3) is 0 Å². The Balaban J connectivity index is 2.23. The molecule has 0 unspecified atom stereocenters. The molecule has 2 aromatic rings. The Morgan fingerprint density at radius 3 is 2.57 bits per heavy atom. The maximum absolute atomic E-state index is 4.30. The zero-order chi connectivity index (χ0) is 9.97. The average Bonchev–Trinajstić information content (AvgIpc) is 2.47. The maximum atomic E-state index is 4.30. The third-order valence-electron chi connectivity index (χ3n) is 1.92. The molecule has 14 heavy (non-hydrogen) atoms. The van der Waals surface area contributed by atoms with Gasteiger partial charge in [-0.05, 0) is 19.1 Å². The molecule has 0 fully saturated rings. The second-order valence-corrected chi connectivity index (χ2v) is 4.34. The van der Waals surface area contributed by atoms with Crippen LogP contribution in [0.4, 0.5) is 11.1 Å². The summed E-state index contributed by atoms with van der Waals surface area (Å²) >= 11 is 0. The molecule has 1 aromatic heterocycles. The highest BCUT2D eigenvalue weighted by molar-refractivity contribution is 7.30. The number of benzene rings is 1. The Morgan fingerprint density at radius 2 is 2.00 bits per heavy atom. The lowest BCUT2D eigenvalue weighted by atomic mass is 10.3. The van der Waals surface area contributed by atoms with E-state index in [1.54, 1.807) is 0 Å². The molecular weight excluding hydrogens is 193 g/mol. The Morgan fingerprint density at radius 1 is 1.29 bits per heavy atom. The number of hydrogen-bond donors (Lipinski definition) is 1. The first kappa shape index (κ1) is 9.22. The lowest BCUT2D eigenvalue weighted by molar-refractivity contribution is 0.824. The molecule has 0 saturated heterocycles. The van der Waals surface area contributed by atoms with Crippen LogP contribution in [-0.2, 0) is 7.05 Å². The molecule has 0 radical (unpaired) electrons. The molecule has 0 aliphatic rings.